The standard InChI is InChI=1S/C49H98O3Si/c1-11-12-13-14-15-16-17-18-19-21-24-27-30-33-36-39-42-45(2)46(52-53(9,10)49(6,7)8)43-40-37-34-31-28-25-22-20-23-26-29-32-35-38-41-44-51-47(50)48(3,4)5/h22,25,45-46H,11-21,23-24,26-44H2,1-10H3/b25-22+/t45-,46-/m0/s1. The van der Waals surface area contributed by atoms with Gasteiger partial charge in [-0.3, -0.25) is 4.79 Å². The Labute approximate surface area is 335 Å². The Kier molecular flexibility index (Phi) is 33.1. The molecule has 3 nitrogen and oxygen atoms in total. The quantitative estimate of drug-likeness (QED) is 0.0274. The minimum Gasteiger partial charge on any atom is -0.465 e. The number of rotatable bonds is 37. The summed E-state index contributed by atoms with van der Waals surface area (Å²) in [5.74, 6) is 0.589. The monoisotopic (exact) mass is 763 g/mol. The lowest BCUT2D eigenvalue weighted by molar-refractivity contribution is -0.153. The Hall–Kier alpha value is -0.613. The maximum absolute atomic E-state index is 11.8. The van der Waals surface area contributed by atoms with Crippen LogP contribution in [0.15, 0.2) is 12.2 Å². The Morgan fingerprint density at radius 1 is 0.528 bits per heavy atom. The van der Waals surface area contributed by atoms with Crippen LogP contribution in [-0.4, -0.2) is 27.0 Å². The van der Waals surface area contributed by atoms with E-state index in [1.807, 2.05) is 20.8 Å². The van der Waals surface area contributed by atoms with Gasteiger partial charge in [-0.15, -0.1) is 0 Å². The summed E-state index contributed by atoms with van der Waals surface area (Å²) < 4.78 is 12.5. The fraction of sp³-hybridized carbons (Fsp3) is 0.939. The van der Waals surface area contributed by atoms with Crippen LogP contribution < -0.4 is 0 Å². The first-order chi connectivity index (χ1) is 25.2. The van der Waals surface area contributed by atoms with Gasteiger partial charge in [0.25, 0.3) is 0 Å². The predicted octanol–water partition coefficient (Wildman–Crippen LogP) is 17.3. The molecule has 0 saturated heterocycles. The largest absolute Gasteiger partial charge is 0.465 e. The van der Waals surface area contributed by atoms with E-state index in [4.69, 9.17) is 9.16 Å². The number of hydrogen-bond acceptors (Lipinski definition) is 3. The summed E-state index contributed by atoms with van der Waals surface area (Å²) in [6.07, 6.45) is 47.4. The van der Waals surface area contributed by atoms with E-state index < -0.39 is 8.32 Å². The van der Waals surface area contributed by atoms with Gasteiger partial charge in [0, 0.05) is 6.10 Å². The van der Waals surface area contributed by atoms with Crippen molar-refractivity contribution in [1.29, 1.82) is 0 Å². The fourth-order valence-corrected chi connectivity index (χ4v) is 8.50. The molecule has 316 valence electrons. The van der Waals surface area contributed by atoms with Gasteiger partial charge in [-0.2, -0.15) is 0 Å². The highest BCUT2D eigenvalue weighted by atomic mass is 28.4. The molecule has 4 heteroatoms. The molecule has 0 spiro atoms. The molecule has 0 unspecified atom stereocenters. The molecular formula is C49H98O3Si. The molecule has 0 aliphatic heterocycles. The number of carbonyl (C=O) groups excluding carboxylic acids is 1. The summed E-state index contributed by atoms with van der Waals surface area (Å²) in [6.45, 7) is 23.2. The molecule has 0 aliphatic rings. The molecule has 0 bridgehead atoms. The third-order valence-corrected chi connectivity index (χ3v) is 16.5. The van der Waals surface area contributed by atoms with Gasteiger partial charge in [0.15, 0.2) is 8.32 Å². The number of ether oxygens (including phenoxy) is 1. The molecule has 0 aromatic rings. The smallest absolute Gasteiger partial charge is 0.311 e. The van der Waals surface area contributed by atoms with Crippen LogP contribution in [0.3, 0.4) is 0 Å². The first-order valence-electron chi connectivity index (χ1n) is 23.7. The Bertz CT molecular complexity index is 836. The van der Waals surface area contributed by atoms with Crippen molar-refractivity contribution in [2.75, 3.05) is 6.61 Å². The van der Waals surface area contributed by atoms with E-state index in [1.54, 1.807) is 0 Å². The Morgan fingerprint density at radius 3 is 1.28 bits per heavy atom. The van der Waals surface area contributed by atoms with Crippen molar-refractivity contribution in [2.24, 2.45) is 11.3 Å². The Balaban J connectivity index is 4.02. The average Bonchev–Trinajstić information content (AvgIpc) is 3.09. The molecule has 0 heterocycles. The molecule has 0 aliphatic carbocycles. The summed E-state index contributed by atoms with van der Waals surface area (Å²) in [7, 11) is -1.77. The van der Waals surface area contributed by atoms with Gasteiger partial charge < -0.3 is 9.16 Å². The van der Waals surface area contributed by atoms with Crippen LogP contribution in [-0.2, 0) is 14.0 Å². The van der Waals surface area contributed by atoms with Crippen molar-refractivity contribution < 1.29 is 14.0 Å². The van der Waals surface area contributed by atoms with Gasteiger partial charge >= 0.3 is 5.97 Å². The summed E-state index contributed by atoms with van der Waals surface area (Å²) in [6, 6.07) is 0. The topological polar surface area (TPSA) is 35.5 Å². The number of unbranched alkanes of at least 4 members (excludes halogenated alkanes) is 26. The second-order valence-electron chi connectivity index (χ2n) is 19.6. The number of carbonyl (C=O) groups is 1. The molecule has 0 aromatic heterocycles. The van der Waals surface area contributed by atoms with Crippen molar-refractivity contribution >= 4 is 14.3 Å². The van der Waals surface area contributed by atoms with Gasteiger partial charge in [0.2, 0.25) is 0 Å². The highest BCUT2D eigenvalue weighted by Gasteiger charge is 2.40. The SMILES string of the molecule is CCCCCCCCCCCCCCCCCC[C@H](C)[C@H](CCCCCC/C=C/CCCCCCCCCOC(=O)C(C)(C)C)O[Si](C)(C)C(C)(C)C. The van der Waals surface area contributed by atoms with E-state index in [0.717, 1.165) is 6.42 Å². The third-order valence-electron chi connectivity index (χ3n) is 12.0. The zero-order valence-corrected chi connectivity index (χ0v) is 39.2. The first-order valence-corrected chi connectivity index (χ1v) is 26.6. The molecule has 0 amide bonds. The molecule has 53 heavy (non-hydrogen) atoms. The molecule has 0 radical (unpaired) electrons. The second kappa shape index (κ2) is 33.5. The van der Waals surface area contributed by atoms with E-state index in [1.165, 1.54) is 193 Å². The van der Waals surface area contributed by atoms with Gasteiger partial charge in [-0.1, -0.05) is 201 Å². The highest BCUT2D eigenvalue weighted by Crippen LogP contribution is 2.39. The molecule has 0 rings (SSSR count). The average molecular weight is 763 g/mol. The van der Waals surface area contributed by atoms with Crippen LogP contribution in [0.2, 0.25) is 18.1 Å². The van der Waals surface area contributed by atoms with Crippen LogP contribution in [0, 0.1) is 11.3 Å². The van der Waals surface area contributed by atoms with Gasteiger partial charge in [-0.05, 0) is 89.8 Å². The van der Waals surface area contributed by atoms with Crippen molar-refractivity contribution in [3.8, 4) is 0 Å². The maximum Gasteiger partial charge on any atom is 0.311 e. The van der Waals surface area contributed by atoms with Crippen molar-refractivity contribution in [1.82, 2.24) is 0 Å². The number of allylic oxidation sites excluding steroid dienone is 2. The van der Waals surface area contributed by atoms with Gasteiger partial charge in [-0.25, -0.2) is 0 Å². The maximum atomic E-state index is 11.8. The summed E-state index contributed by atoms with van der Waals surface area (Å²) >= 11 is 0. The van der Waals surface area contributed by atoms with Gasteiger partial charge in [0.05, 0.1) is 12.0 Å². The van der Waals surface area contributed by atoms with Crippen LogP contribution in [0.1, 0.15) is 254 Å². The lowest BCUT2D eigenvalue weighted by Crippen LogP contribution is -2.45. The minimum absolute atomic E-state index is 0.0814. The lowest BCUT2D eigenvalue weighted by atomic mass is 9.93. The molecule has 0 N–H and O–H groups in total. The molecule has 2 atom stereocenters. The first kappa shape index (κ1) is 52.4. The molecule has 0 aromatic carbocycles. The highest BCUT2D eigenvalue weighted by molar-refractivity contribution is 6.74. The van der Waals surface area contributed by atoms with E-state index in [2.05, 4.69) is 59.9 Å². The zero-order chi connectivity index (χ0) is 39.7. The fourth-order valence-electron chi connectivity index (χ4n) is 7.04. The molecule has 0 fully saturated rings. The summed E-state index contributed by atoms with van der Waals surface area (Å²) in [5, 5.41) is 0.274. The number of hydrogen-bond donors (Lipinski definition) is 0. The van der Waals surface area contributed by atoms with E-state index in [-0.39, 0.29) is 16.4 Å². The van der Waals surface area contributed by atoms with E-state index in [0.29, 0.717) is 18.6 Å². The summed E-state index contributed by atoms with van der Waals surface area (Å²) in [4.78, 5) is 11.8. The van der Waals surface area contributed by atoms with Crippen LogP contribution in [0.4, 0.5) is 0 Å². The second-order valence-corrected chi connectivity index (χ2v) is 24.4. The number of esters is 1. The van der Waals surface area contributed by atoms with E-state index >= 15 is 0 Å². The van der Waals surface area contributed by atoms with Crippen molar-refractivity contribution in [3.05, 3.63) is 12.2 Å². The minimum atomic E-state index is -1.77. The zero-order valence-electron chi connectivity index (χ0n) is 38.2. The molecule has 0 saturated carbocycles. The van der Waals surface area contributed by atoms with Crippen LogP contribution in [0.5, 0.6) is 0 Å². The lowest BCUT2D eigenvalue weighted by Gasteiger charge is -2.41. The predicted molar refractivity (Wildman–Crippen MR) is 240 cm³/mol. The van der Waals surface area contributed by atoms with Crippen LogP contribution >= 0.6 is 0 Å². The Morgan fingerprint density at radius 2 is 0.887 bits per heavy atom. The van der Waals surface area contributed by atoms with Crippen LogP contribution in [0.25, 0.3) is 0 Å². The normalized spacial score (nSPS) is 13.9. The summed E-state index contributed by atoms with van der Waals surface area (Å²) in [5.41, 5.74) is -0.387. The van der Waals surface area contributed by atoms with Crippen molar-refractivity contribution in [2.45, 2.75) is 279 Å². The van der Waals surface area contributed by atoms with E-state index in [9.17, 15) is 4.79 Å². The van der Waals surface area contributed by atoms with Crippen molar-refractivity contribution in [3.63, 3.8) is 0 Å². The van der Waals surface area contributed by atoms with Gasteiger partial charge in [0.1, 0.15) is 0 Å². The molecular weight excluding hydrogens is 665 g/mol. The third kappa shape index (κ3) is 32.2.